The van der Waals surface area contributed by atoms with Crippen LogP contribution in [0.25, 0.3) is 0 Å². The van der Waals surface area contributed by atoms with Crippen LogP contribution in [0.5, 0.6) is 11.5 Å². The smallest absolute Gasteiger partial charge is 0.326 e. The number of nitrogens with one attached hydrogen (secondary N) is 1. The summed E-state index contributed by atoms with van der Waals surface area (Å²) < 4.78 is 10.8. The van der Waals surface area contributed by atoms with E-state index in [1.54, 1.807) is 45.4 Å². The fourth-order valence-electron chi connectivity index (χ4n) is 4.07. The zero-order chi connectivity index (χ0) is 21.5. The Kier molecular flexibility index (Phi) is 5.34. The molecule has 0 radical (unpaired) electrons. The lowest BCUT2D eigenvalue weighted by Crippen LogP contribution is -2.45. The molecule has 0 bridgehead atoms. The lowest BCUT2D eigenvalue weighted by Gasteiger charge is -2.32. The number of benzene rings is 2. The van der Waals surface area contributed by atoms with Gasteiger partial charge >= 0.3 is 6.03 Å². The van der Waals surface area contributed by atoms with Gasteiger partial charge in [0.05, 0.1) is 20.9 Å². The maximum Gasteiger partial charge on any atom is 0.326 e. The predicted molar refractivity (Wildman–Crippen MR) is 113 cm³/mol. The van der Waals surface area contributed by atoms with Crippen molar-refractivity contribution in [3.8, 4) is 11.5 Å². The van der Waals surface area contributed by atoms with Crippen LogP contribution in [0.2, 0.25) is 5.02 Å². The number of halogens is 1. The van der Waals surface area contributed by atoms with Gasteiger partial charge in [0.25, 0.3) is 5.91 Å². The second kappa shape index (κ2) is 7.81. The van der Waals surface area contributed by atoms with Gasteiger partial charge in [-0.25, -0.2) is 9.69 Å². The van der Waals surface area contributed by atoms with Crippen molar-refractivity contribution in [3.05, 3.63) is 58.1 Å². The Hall–Kier alpha value is -2.77. The zero-order valence-corrected chi connectivity index (χ0v) is 18.0. The number of hydrogen-bond acceptors (Lipinski definition) is 5. The molecular formula is C22H24ClN3O4. The number of nitrogens with zero attached hydrogens (tertiary/aromatic N) is 2. The first-order chi connectivity index (χ1) is 14.4. The van der Waals surface area contributed by atoms with Crippen molar-refractivity contribution < 1.29 is 19.1 Å². The van der Waals surface area contributed by atoms with E-state index in [2.05, 4.69) is 10.2 Å². The fraction of sp³-hybridized carbons (Fsp3) is 0.364. The Bertz CT molecular complexity index is 995. The second-order valence-corrected chi connectivity index (χ2v) is 8.15. The third-order valence-electron chi connectivity index (χ3n) is 5.84. The Morgan fingerprint density at radius 3 is 2.33 bits per heavy atom. The fourth-order valence-corrected chi connectivity index (χ4v) is 4.19. The van der Waals surface area contributed by atoms with Gasteiger partial charge in [0, 0.05) is 18.1 Å². The minimum Gasteiger partial charge on any atom is -0.493 e. The molecule has 1 saturated heterocycles. The van der Waals surface area contributed by atoms with Crippen LogP contribution in [0.15, 0.2) is 36.4 Å². The summed E-state index contributed by atoms with van der Waals surface area (Å²) in [5.41, 5.74) is 1.89. The molecule has 0 spiro atoms. The van der Waals surface area contributed by atoms with E-state index in [-0.39, 0.29) is 12.6 Å². The van der Waals surface area contributed by atoms with E-state index in [1.807, 2.05) is 12.1 Å². The molecule has 30 heavy (non-hydrogen) atoms. The standard InChI is InChI=1S/C22H24ClN3O4/c1-22(16-4-6-17(23)7-5-16)20(27)26(21(28)24-22)13-25-9-8-14-10-18(29-2)19(30-3)11-15(14)12-25/h4-7,10-11H,8-9,12-13H2,1-3H3,(H,24,28)/t22-/m0/s1. The number of imide groups is 1. The van der Waals surface area contributed by atoms with E-state index < -0.39 is 11.6 Å². The SMILES string of the molecule is COc1cc2c(cc1OC)CN(CN1C(=O)N[C@@](C)(c3ccc(Cl)cc3)C1=O)CC2. The molecule has 2 aliphatic rings. The molecule has 2 aliphatic heterocycles. The topological polar surface area (TPSA) is 71.1 Å². The Balaban J connectivity index is 1.52. The number of carbonyl (C=O) groups is 2. The average molecular weight is 430 g/mol. The molecule has 0 aromatic heterocycles. The maximum atomic E-state index is 13.2. The highest BCUT2D eigenvalue weighted by Crippen LogP contribution is 2.34. The normalized spacial score (nSPS) is 21.4. The van der Waals surface area contributed by atoms with E-state index in [4.69, 9.17) is 21.1 Å². The Morgan fingerprint density at radius 2 is 1.70 bits per heavy atom. The molecule has 2 aromatic carbocycles. The molecule has 7 nitrogen and oxygen atoms in total. The Labute approximate surface area is 180 Å². The van der Waals surface area contributed by atoms with Crippen molar-refractivity contribution in [1.29, 1.82) is 0 Å². The summed E-state index contributed by atoms with van der Waals surface area (Å²) >= 11 is 5.96. The third kappa shape index (κ3) is 3.48. The molecule has 2 aromatic rings. The minimum absolute atomic E-state index is 0.224. The van der Waals surface area contributed by atoms with Crippen LogP contribution < -0.4 is 14.8 Å². The zero-order valence-electron chi connectivity index (χ0n) is 17.2. The summed E-state index contributed by atoms with van der Waals surface area (Å²) in [6.07, 6.45) is 0.799. The third-order valence-corrected chi connectivity index (χ3v) is 6.09. The summed E-state index contributed by atoms with van der Waals surface area (Å²) in [6.45, 7) is 3.29. The first-order valence-corrected chi connectivity index (χ1v) is 10.1. The van der Waals surface area contributed by atoms with Crippen molar-refractivity contribution in [1.82, 2.24) is 15.1 Å². The van der Waals surface area contributed by atoms with E-state index >= 15 is 0 Å². The highest BCUT2D eigenvalue weighted by atomic mass is 35.5. The van der Waals surface area contributed by atoms with Crippen LogP contribution in [0.3, 0.4) is 0 Å². The highest BCUT2D eigenvalue weighted by molar-refractivity contribution is 6.30. The van der Waals surface area contributed by atoms with E-state index in [0.29, 0.717) is 28.6 Å². The molecule has 2 heterocycles. The summed E-state index contributed by atoms with van der Waals surface area (Å²) in [5, 5.41) is 3.42. The van der Waals surface area contributed by atoms with Gasteiger partial charge < -0.3 is 14.8 Å². The molecule has 1 fully saturated rings. The Morgan fingerprint density at radius 1 is 1.07 bits per heavy atom. The van der Waals surface area contributed by atoms with Gasteiger partial charge in [-0.05, 0) is 54.3 Å². The summed E-state index contributed by atoms with van der Waals surface area (Å²) in [7, 11) is 3.23. The van der Waals surface area contributed by atoms with Gasteiger partial charge in [-0.15, -0.1) is 0 Å². The molecule has 0 unspecified atom stereocenters. The van der Waals surface area contributed by atoms with Crippen LogP contribution in [-0.4, -0.2) is 49.2 Å². The van der Waals surface area contributed by atoms with Gasteiger partial charge in [-0.3, -0.25) is 9.69 Å². The first-order valence-electron chi connectivity index (χ1n) is 9.72. The maximum absolute atomic E-state index is 13.2. The number of fused-ring (bicyclic) bond motifs is 1. The highest BCUT2D eigenvalue weighted by Gasteiger charge is 2.49. The molecule has 0 saturated carbocycles. The van der Waals surface area contributed by atoms with Crippen molar-refractivity contribution in [2.24, 2.45) is 0 Å². The van der Waals surface area contributed by atoms with Crippen LogP contribution in [0.4, 0.5) is 4.79 Å². The van der Waals surface area contributed by atoms with Gasteiger partial charge in [0.15, 0.2) is 11.5 Å². The summed E-state index contributed by atoms with van der Waals surface area (Å²) in [6, 6.07) is 10.5. The number of hydrogen-bond donors (Lipinski definition) is 1. The number of carbonyl (C=O) groups excluding carboxylic acids is 2. The van der Waals surface area contributed by atoms with E-state index in [1.165, 1.54) is 10.5 Å². The van der Waals surface area contributed by atoms with Gasteiger partial charge in [-0.2, -0.15) is 0 Å². The van der Waals surface area contributed by atoms with Gasteiger partial charge in [0.1, 0.15) is 5.54 Å². The minimum atomic E-state index is -1.11. The molecule has 1 N–H and O–H groups in total. The molecule has 1 atom stereocenters. The number of ether oxygens (including phenoxy) is 2. The van der Waals surface area contributed by atoms with Gasteiger partial charge in [0.2, 0.25) is 0 Å². The summed E-state index contributed by atoms with van der Waals surface area (Å²) in [5.74, 6) is 1.11. The number of methoxy groups -OCH3 is 2. The largest absolute Gasteiger partial charge is 0.493 e. The van der Waals surface area contributed by atoms with Crippen LogP contribution in [0, 0.1) is 0 Å². The predicted octanol–water partition coefficient (Wildman–Crippen LogP) is 3.14. The van der Waals surface area contributed by atoms with Crippen molar-refractivity contribution in [2.45, 2.75) is 25.4 Å². The molecular weight excluding hydrogens is 406 g/mol. The molecule has 158 valence electrons. The molecule has 0 aliphatic carbocycles. The van der Waals surface area contributed by atoms with E-state index in [0.717, 1.165) is 18.5 Å². The van der Waals surface area contributed by atoms with Crippen molar-refractivity contribution >= 4 is 23.5 Å². The monoisotopic (exact) mass is 429 g/mol. The lowest BCUT2D eigenvalue weighted by molar-refractivity contribution is -0.132. The average Bonchev–Trinajstić information content (AvgIpc) is 2.96. The second-order valence-electron chi connectivity index (χ2n) is 7.72. The number of rotatable bonds is 5. The quantitative estimate of drug-likeness (QED) is 0.739. The molecule has 4 rings (SSSR count). The lowest BCUT2D eigenvalue weighted by atomic mass is 9.92. The molecule has 3 amide bonds. The first kappa shape index (κ1) is 20.5. The van der Waals surface area contributed by atoms with Crippen LogP contribution in [0.1, 0.15) is 23.6 Å². The van der Waals surface area contributed by atoms with Crippen molar-refractivity contribution in [3.63, 3.8) is 0 Å². The van der Waals surface area contributed by atoms with E-state index in [9.17, 15) is 9.59 Å². The van der Waals surface area contributed by atoms with Gasteiger partial charge in [-0.1, -0.05) is 23.7 Å². The number of urea groups is 1. The summed E-state index contributed by atoms with van der Waals surface area (Å²) in [4.78, 5) is 29.2. The van der Waals surface area contributed by atoms with Crippen molar-refractivity contribution in [2.75, 3.05) is 27.4 Å². The number of amides is 3. The molecule has 8 heteroatoms. The van der Waals surface area contributed by atoms with Crippen LogP contribution >= 0.6 is 11.6 Å². The van der Waals surface area contributed by atoms with Crippen LogP contribution in [-0.2, 0) is 23.3 Å².